The summed E-state index contributed by atoms with van der Waals surface area (Å²) in [6, 6.07) is 3.66. The summed E-state index contributed by atoms with van der Waals surface area (Å²) in [7, 11) is 0. The van der Waals surface area contributed by atoms with Crippen molar-refractivity contribution in [3.8, 4) is 0 Å². The van der Waals surface area contributed by atoms with Gasteiger partial charge in [-0.05, 0) is 19.1 Å². The quantitative estimate of drug-likeness (QED) is 0.820. The van der Waals surface area contributed by atoms with Crippen LogP contribution in [0.1, 0.15) is 11.5 Å². The first-order chi connectivity index (χ1) is 12.4. The van der Waals surface area contributed by atoms with E-state index in [9.17, 15) is 18.0 Å². The molecule has 0 radical (unpaired) electrons. The molecule has 1 N–H and O–H groups in total. The molecule has 0 bridgehead atoms. The maximum absolute atomic E-state index is 13.6. The molecule has 0 saturated carbocycles. The van der Waals surface area contributed by atoms with Gasteiger partial charge in [0, 0.05) is 38.8 Å². The van der Waals surface area contributed by atoms with Crippen LogP contribution in [-0.2, 0) is 11.3 Å². The number of benzene rings is 1. The standard InChI is InChI=1S/C17H19F3N4O2/c1-11-8-12(22-26-11)9-23-4-6-24(7-5-23)10-15(25)21-14-3-2-13(18)16(19)17(14)20/h2-3,8H,4-7,9-10H2,1H3,(H,21,25). The summed E-state index contributed by atoms with van der Waals surface area (Å²) in [6.07, 6.45) is 0. The second-order valence-electron chi connectivity index (χ2n) is 6.25. The molecule has 1 fully saturated rings. The van der Waals surface area contributed by atoms with Gasteiger partial charge in [-0.1, -0.05) is 5.16 Å². The number of nitrogens with one attached hydrogen (secondary N) is 1. The predicted molar refractivity (Wildman–Crippen MR) is 87.9 cm³/mol. The van der Waals surface area contributed by atoms with Crippen LogP contribution in [0.4, 0.5) is 18.9 Å². The normalized spacial score (nSPS) is 16.0. The lowest BCUT2D eigenvalue weighted by molar-refractivity contribution is -0.117. The Morgan fingerprint density at radius 2 is 1.85 bits per heavy atom. The summed E-state index contributed by atoms with van der Waals surface area (Å²) < 4.78 is 44.7. The third-order valence-electron chi connectivity index (χ3n) is 4.20. The fourth-order valence-corrected chi connectivity index (χ4v) is 2.84. The Hall–Kier alpha value is -2.39. The number of carbonyl (C=O) groups excluding carboxylic acids is 1. The minimum Gasteiger partial charge on any atom is -0.361 e. The van der Waals surface area contributed by atoms with Gasteiger partial charge in [0.25, 0.3) is 0 Å². The second-order valence-corrected chi connectivity index (χ2v) is 6.25. The Morgan fingerprint density at radius 3 is 2.50 bits per heavy atom. The average Bonchev–Trinajstić information content (AvgIpc) is 3.02. The molecule has 1 aromatic heterocycles. The van der Waals surface area contributed by atoms with Crippen LogP contribution in [0.25, 0.3) is 0 Å². The lowest BCUT2D eigenvalue weighted by Crippen LogP contribution is -2.48. The summed E-state index contributed by atoms with van der Waals surface area (Å²) in [5, 5.41) is 6.24. The fraction of sp³-hybridized carbons (Fsp3) is 0.412. The molecule has 1 saturated heterocycles. The molecule has 0 atom stereocenters. The van der Waals surface area contributed by atoms with Gasteiger partial charge in [-0.3, -0.25) is 14.6 Å². The maximum atomic E-state index is 13.6. The van der Waals surface area contributed by atoms with Crippen molar-refractivity contribution < 1.29 is 22.5 Å². The molecule has 1 aliphatic rings. The van der Waals surface area contributed by atoms with Crippen molar-refractivity contribution in [3.05, 3.63) is 47.1 Å². The van der Waals surface area contributed by atoms with E-state index < -0.39 is 23.4 Å². The molecule has 9 heteroatoms. The highest BCUT2D eigenvalue weighted by Crippen LogP contribution is 2.19. The van der Waals surface area contributed by atoms with Crippen molar-refractivity contribution >= 4 is 11.6 Å². The van der Waals surface area contributed by atoms with Crippen LogP contribution in [0.3, 0.4) is 0 Å². The number of piperazine rings is 1. The van der Waals surface area contributed by atoms with Crippen LogP contribution in [0.2, 0.25) is 0 Å². The Morgan fingerprint density at radius 1 is 1.15 bits per heavy atom. The van der Waals surface area contributed by atoms with Gasteiger partial charge in [0.2, 0.25) is 5.91 Å². The largest absolute Gasteiger partial charge is 0.361 e. The number of aromatic nitrogens is 1. The Labute approximate surface area is 148 Å². The number of halogens is 3. The Kier molecular flexibility index (Phi) is 5.58. The zero-order valence-corrected chi connectivity index (χ0v) is 14.3. The van der Waals surface area contributed by atoms with E-state index in [0.717, 1.165) is 36.7 Å². The highest BCUT2D eigenvalue weighted by molar-refractivity contribution is 5.92. The Bertz CT molecular complexity index is 788. The van der Waals surface area contributed by atoms with E-state index in [1.54, 1.807) is 0 Å². The van der Waals surface area contributed by atoms with E-state index in [2.05, 4.69) is 15.4 Å². The van der Waals surface area contributed by atoms with Gasteiger partial charge in [-0.15, -0.1) is 0 Å². The van der Waals surface area contributed by atoms with Crippen LogP contribution in [0.5, 0.6) is 0 Å². The average molecular weight is 368 g/mol. The maximum Gasteiger partial charge on any atom is 0.238 e. The van der Waals surface area contributed by atoms with Crippen molar-refractivity contribution in [2.24, 2.45) is 0 Å². The van der Waals surface area contributed by atoms with Gasteiger partial charge in [-0.25, -0.2) is 13.2 Å². The molecule has 1 aromatic carbocycles. The first kappa shape index (κ1) is 18.4. The molecule has 0 spiro atoms. The van der Waals surface area contributed by atoms with E-state index >= 15 is 0 Å². The lowest BCUT2D eigenvalue weighted by atomic mass is 10.2. The predicted octanol–water partition coefficient (Wildman–Crippen LogP) is 2.16. The van der Waals surface area contributed by atoms with E-state index in [-0.39, 0.29) is 12.2 Å². The van der Waals surface area contributed by atoms with Gasteiger partial charge in [0.1, 0.15) is 5.76 Å². The third-order valence-corrected chi connectivity index (χ3v) is 4.20. The summed E-state index contributed by atoms with van der Waals surface area (Å²) >= 11 is 0. The van der Waals surface area contributed by atoms with Gasteiger partial charge in [-0.2, -0.15) is 0 Å². The number of hydrogen-bond acceptors (Lipinski definition) is 5. The van der Waals surface area contributed by atoms with Crippen molar-refractivity contribution in [2.75, 3.05) is 38.0 Å². The molecular formula is C17H19F3N4O2. The number of aryl methyl sites for hydroxylation is 1. The minimum atomic E-state index is -1.60. The Balaban J connectivity index is 1.47. The lowest BCUT2D eigenvalue weighted by Gasteiger charge is -2.33. The summed E-state index contributed by atoms with van der Waals surface area (Å²) in [5.74, 6) is -4.00. The van der Waals surface area contributed by atoms with Crippen LogP contribution in [-0.4, -0.2) is 53.6 Å². The van der Waals surface area contributed by atoms with E-state index in [4.69, 9.17) is 4.52 Å². The number of hydrogen-bond donors (Lipinski definition) is 1. The molecule has 140 valence electrons. The minimum absolute atomic E-state index is 0.0509. The zero-order chi connectivity index (χ0) is 18.7. The molecule has 0 unspecified atom stereocenters. The topological polar surface area (TPSA) is 61.6 Å². The first-order valence-corrected chi connectivity index (χ1v) is 8.22. The van der Waals surface area contributed by atoms with Gasteiger partial charge < -0.3 is 9.84 Å². The van der Waals surface area contributed by atoms with Crippen LogP contribution < -0.4 is 5.32 Å². The molecule has 1 aliphatic heterocycles. The molecule has 1 amide bonds. The van der Waals surface area contributed by atoms with Crippen LogP contribution in [0.15, 0.2) is 22.7 Å². The van der Waals surface area contributed by atoms with Gasteiger partial charge in [0.05, 0.1) is 17.9 Å². The number of amides is 1. The van der Waals surface area contributed by atoms with E-state index in [0.29, 0.717) is 19.6 Å². The van der Waals surface area contributed by atoms with Crippen LogP contribution >= 0.6 is 0 Å². The summed E-state index contributed by atoms with van der Waals surface area (Å²) in [5.41, 5.74) is 0.497. The van der Waals surface area contributed by atoms with Crippen LogP contribution in [0, 0.1) is 24.4 Å². The highest BCUT2D eigenvalue weighted by atomic mass is 19.2. The smallest absolute Gasteiger partial charge is 0.238 e. The number of carbonyl (C=O) groups is 1. The molecule has 3 rings (SSSR count). The SMILES string of the molecule is Cc1cc(CN2CCN(CC(=O)Nc3ccc(F)c(F)c3F)CC2)no1. The van der Waals surface area contributed by atoms with Crippen molar-refractivity contribution in [1.29, 1.82) is 0 Å². The number of anilines is 1. The third kappa shape index (κ3) is 4.41. The first-order valence-electron chi connectivity index (χ1n) is 8.22. The number of rotatable bonds is 5. The highest BCUT2D eigenvalue weighted by Gasteiger charge is 2.21. The molecule has 6 nitrogen and oxygen atoms in total. The number of nitrogens with zero attached hydrogens (tertiary/aromatic N) is 3. The van der Waals surface area contributed by atoms with E-state index in [1.807, 2.05) is 17.9 Å². The summed E-state index contributed by atoms with van der Waals surface area (Å²) in [6.45, 7) is 5.38. The molecular weight excluding hydrogens is 349 g/mol. The fourth-order valence-electron chi connectivity index (χ4n) is 2.84. The second kappa shape index (κ2) is 7.88. The van der Waals surface area contributed by atoms with Crippen molar-refractivity contribution in [1.82, 2.24) is 15.0 Å². The summed E-state index contributed by atoms with van der Waals surface area (Å²) in [4.78, 5) is 16.1. The van der Waals surface area contributed by atoms with Gasteiger partial charge in [0.15, 0.2) is 17.5 Å². The monoisotopic (exact) mass is 368 g/mol. The van der Waals surface area contributed by atoms with Gasteiger partial charge >= 0.3 is 0 Å². The zero-order valence-electron chi connectivity index (χ0n) is 14.3. The van der Waals surface area contributed by atoms with Crippen molar-refractivity contribution in [3.63, 3.8) is 0 Å². The molecule has 26 heavy (non-hydrogen) atoms. The molecule has 2 heterocycles. The molecule has 2 aromatic rings. The molecule has 0 aliphatic carbocycles. The van der Waals surface area contributed by atoms with Crippen molar-refractivity contribution in [2.45, 2.75) is 13.5 Å². The van der Waals surface area contributed by atoms with E-state index in [1.165, 1.54) is 0 Å².